The zero-order valence-electron chi connectivity index (χ0n) is 17.8. The van der Waals surface area contributed by atoms with Gasteiger partial charge in [-0.05, 0) is 56.0 Å². The number of carboxylic acid groups (broad SMARTS) is 1. The van der Waals surface area contributed by atoms with Crippen molar-refractivity contribution in [1.82, 2.24) is 10.3 Å². The Balaban J connectivity index is 0.000000941. The lowest BCUT2D eigenvalue weighted by atomic mass is 10.0. The number of fused-ring (bicyclic) bond motifs is 1. The van der Waals surface area contributed by atoms with Crippen LogP contribution in [0.5, 0.6) is 0 Å². The lowest BCUT2D eigenvalue weighted by Gasteiger charge is -2.07. The minimum atomic E-state index is -0.250. The van der Waals surface area contributed by atoms with Gasteiger partial charge in [0.25, 0.3) is 12.5 Å². The molecule has 0 aliphatic carbocycles. The Hall–Kier alpha value is -2.08. The van der Waals surface area contributed by atoms with Gasteiger partial charge in [-0.25, -0.2) is 0 Å². The second kappa shape index (κ2) is 14.0. The van der Waals surface area contributed by atoms with Gasteiger partial charge in [0.05, 0.1) is 0 Å². The van der Waals surface area contributed by atoms with Gasteiger partial charge in [-0.2, -0.15) is 4.98 Å². The molecule has 1 aliphatic rings. The van der Waals surface area contributed by atoms with Gasteiger partial charge in [-0.15, -0.1) is 0 Å². The molecule has 6 heteroatoms. The quantitative estimate of drug-likeness (QED) is 0.332. The lowest BCUT2D eigenvalue weighted by Crippen LogP contribution is -2.17. The molecule has 1 aliphatic heterocycles. The normalized spacial score (nSPS) is 15.8. The summed E-state index contributed by atoms with van der Waals surface area (Å²) in [6.07, 6.45) is 13.3. The van der Waals surface area contributed by atoms with Crippen LogP contribution in [0.25, 0.3) is 11.1 Å². The first-order chi connectivity index (χ1) is 14.3. The zero-order valence-corrected chi connectivity index (χ0v) is 17.8. The Bertz CT molecular complexity index is 696. The third kappa shape index (κ3) is 8.86. The highest BCUT2D eigenvalue weighted by molar-refractivity contribution is 5.75. The Morgan fingerprint density at radius 3 is 2.62 bits per heavy atom. The number of hydrogen-bond donors (Lipinski definition) is 3. The third-order valence-corrected chi connectivity index (χ3v) is 5.48. The van der Waals surface area contributed by atoms with Gasteiger partial charge in [0, 0.05) is 6.54 Å². The van der Waals surface area contributed by atoms with Gasteiger partial charge in [0.1, 0.15) is 5.52 Å². The second-order valence-corrected chi connectivity index (χ2v) is 7.89. The fourth-order valence-electron chi connectivity index (χ4n) is 3.79. The van der Waals surface area contributed by atoms with E-state index in [9.17, 15) is 0 Å². The van der Waals surface area contributed by atoms with Crippen LogP contribution in [0.15, 0.2) is 22.6 Å². The standard InChI is InChI=1S/C22H35N3O.CH2O2/c1-2-3-4-5-6-7-8-9-10-18-11-12-21-20(15-18)25-22(26-21)24-17-19-13-14-23-16-19;2-1-3/h11-12,15,19,23H,2-10,13-14,16-17H2,1H3,(H,24,25);1H,(H,2,3)/t19-;/m1./s1. The van der Waals surface area contributed by atoms with Crippen LogP contribution in [0.2, 0.25) is 0 Å². The molecule has 1 atom stereocenters. The maximum atomic E-state index is 8.36. The van der Waals surface area contributed by atoms with Crippen LogP contribution in [0, 0.1) is 5.92 Å². The molecular weight excluding hydrogens is 366 g/mol. The van der Waals surface area contributed by atoms with Crippen molar-refractivity contribution in [2.24, 2.45) is 5.92 Å². The molecule has 0 spiro atoms. The summed E-state index contributed by atoms with van der Waals surface area (Å²) >= 11 is 0. The van der Waals surface area contributed by atoms with Crippen LogP contribution < -0.4 is 10.6 Å². The molecule has 6 nitrogen and oxygen atoms in total. The molecule has 0 bridgehead atoms. The maximum Gasteiger partial charge on any atom is 0.295 e. The predicted molar refractivity (Wildman–Crippen MR) is 118 cm³/mol. The van der Waals surface area contributed by atoms with Crippen molar-refractivity contribution in [2.45, 2.75) is 71.1 Å². The van der Waals surface area contributed by atoms with E-state index in [0.29, 0.717) is 11.9 Å². The topological polar surface area (TPSA) is 87.4 Å². The Labute approximate surface area is 174 Å². The van der Waals surface area contributed by atoms with Crippen LogP contribution in [-0.2, 0) is 11.2 Å². The molecule has 1 aromatic carbocycles. The minimum Gasteiger partial charge on any atom is -0.483 e. The summed E-state index contributed by atoms with van der Waals surface area (Å²) < 4.78 is 5.83. The fourth-order valence-corrected chi connectivity index (χ4v) is 3.79. The third-order valence-electron chi connectivity index (χ3n) is 5.48. The van der Waals surface area contributed by atoms with E-state index in [-0.39, 0.29) is 6.47 Å². The number of aromatic nitrogens is 1. The molecule has 3 N–H and O–H groups in total. The molecule has 1 saturated heterocycles. The summed E-state index contributed by atoms with van der Waals surface area (Å²) in [6.45, 7) is 5.18. The van der Waals surface area contributed by atoms with E-state index in [1.54, 1.807) is 0 Å². The Kier molecular flexibility index (Phi) is 11.2. The molecule has 0 amide bonds. The minimum absolute atomic E-state index is 0.250. The number of unbranched alkanes of at least 4 members (excludes halogenated alkanes) is 7. The number of benzene rings is 1. The molecule has 1 fully saturated rings. The summed E-state index contributed by atoms with van der Waals surface area (Å²) in [5, 5.41) is 13.6. The number of hydrogen-bond acceptors (Lipinski definition) is 5. The van der Waals surface area contributed by atoms with Crippen molar-refractivity contribution < 1.29 is 14.3 Å². The second-order valence-electron chi connectivity index (χ2n) is 7.89. The first kappa shape index (κ1) is 23.2. The highest BCUT2D eigenvalue weighted by Gasteiger charge is 2.15. The van der Waals surface area contributed by atoms with Gasteiger partial charge in [-0.3, -0.25) is 4.79 Å². The van der Waals surface area contributed by atoms with Crippen LogP contribution in [-0.4, -0.2) is 36.2 Å². The van der Waals surface area contributed by atoms with Crippen molar-refractivity contribution in [3.63, 3.8) is 0 Å². The van der Waals surface area contributed by atoms with Gasteiger partial charge >= 0.3 is 0 Å². The van der Waals surface area contributed by atoms with Crippen molar-refractivity contribution in [3.8, 4) is 0 Å². The van der Waals surface area contributed by atoms with E-state index in [1.807, 2.05) is 0 Å². The Morgan fingerprint density at radius 2 is 1.93 bits per heavy atom. The van der Waals surface area contributed by atoms with Crippen molar-refractivity contribution in [3.05, 3.63) is 23.8 Å². The summed E-state index contributed by atoms with van der Waals surface area (Å²) in [7, 11) is 0. The molecule has 162 valence electrons. The average Bonchev–Trinajstić information content (AvgIpc) is 3.38. The first-order valence-corrected chi connectivity index (χ1v) is 11.2. The highest BCUT2D eigenvalue weighted by Crippen LogP contribution is 2.22. The van der Waals surface area contributed by atoms with E-state index in [2.05, 4.69) is 40.7 Å². The van der Waals surface area contributed by atoms with Crippen molar-refractivity contribution >= 4 is 23.6 Å². The SMILES string of the molecule is CCCCCCCCCCc1ccc2oc(NC[C@@H]3CCNC3)nc2c1.O=CO. The number of nitrogens with zero attached hydrogens (tertiary/aromatic N) is 1. The van der Waals surface area contributed by atoms with E-state index in [1.165, 1.54) is 63.4 Å². The van der Waals surface area contributed by atoms with E-state index >= 15 is 0 Å². The van der Waals surface area contributed by atoms with Gasteiger partial charge < -0.3 is 20.2 Å². The first-order valence-electron chi connectivity index (χ1n) is 11.2. The number of nitrogens with one attached hydrogen (secondary N) is 2. The molecule has 0 unspecified atom stereocenters. The molecule has 1 aromatic heterocycles. The predicted octanol–water partition coefficient (Wildman–Crippen LogP) is 5.23. The summed E-state index contributed by atoms with van der Waals surface area (Å²) in [5.41, 5.74) is 3.24. The molecule has 3 rings (SSSR count). The fraction of sp³-hybridized carbons (Fsp3) is 0.652. The monoisotopic (exact) mass is 403 g/mol. The zero-order chi connectivity index (χ0) is 20.7. The van der Waals surface area contributed by atoms with E-state index in [0.717, 1.165) is 37.2 Å². The maximum absolute atomic E-state index is 8.36. The van der Waals surface area contributed by atoms with Gasteiger partial charge in [0.2, 0.25) is 0 Å². The number of anilines is 1. The lowest BCUT2D eigenvalue weighted by molar-refractivity contribution is -0.122. The number of carbonyl (C=O) groups is 1. The van der Waals surface area contributed by atoms with Gasteiger partial charge in [-0.1, -0.05) is 57.9 Å². The van der Waals surface area contributed by atoms with E-state index < -0.39 is 0 Å². The molecule has 0 saturated carbocycles. The van der Waals surface area contributed by atoms with Crippen LogP contribution >= 0.6 is 0 Å². The number of oxazole rings is 1. The van der Waals surface area contributed by atoms with Crippen molar-refractivity contribution in [2.75, 3.05) is 25.0 Å². The van der Waals surface area contributed by atoms with Crippen LogP contribution in [0.4, 0.5) is 6.01 Å². The average molecular weight is 404 g/mol. The largest absolute Gasteiger partial charge is 0.483 e. The summed E-state index contributed by atoms with van der Waals surface area (Å²) in [6, 6.07) is 7.13. The summed E-state index contributed by atoms with van der Waals surface area (Å²) in [4.78, 5) is 13.0. The van der Waals surface area contributed by atoms with E-state index in [4.69, 9.17) is 14.3 Å². The molecule has 2 heterocycles. The summed E-state index contributed by atoms with van der Waals surface area (Å²) in [5.74, 6) is 0.683. The smallest absolute Gasteiger partial charge is 0.295 e. The van der Waals surface area contributed by atoms with Gasteiger partial charge in [0.15, 0.2) is 5.58 Å². The molecule has 0 radical (unpaired) electrons. The van der Waals surface area contributed by atoms with Crippen LogP contribution in [0.1, 0.15) is 70.3 Å². The van der Waals surface area contributed by atoms with Crippen LogP contribution in [0.3, 0.4) is 0 Å². The molecule has 2 aromatic rings. The Morgan fingerprint density at radius 1 is 1.21 bits per heavy atom. The highest BCUT2D eigenvalue weighted by atomic mass is 16.4. The molecular formula is C23H37N3O3. The van der Waals surface area contributed by atoms with Crippen molar-refractivity contribution in [1.29, 1.82) is 0 Å². The number of aryl methyl sites for hydroxylation is 1. The molecule has 29 heavy (non-hydrogen) atoms. The number of rotatable bonds is 12.